The largest absolute Gasteiger partial charge is 0.488 e. The first-order valence-electron chi connectivity index (χ1n) is 10.4. The van der Waals surface area contributed by atoms with Crippen LogP contribution >= 0.6 is 27.7 Å². The van der Waals surface area contributed by atoms with Gasteiger partial charge >= 0.3 is 0 Å². The lowest BCUT2D eigenvalue weighted by molar-refractivity contribution is -0.115. The second-order valence-corrected chi connectivity index (χ2v) is 9.28. The Morgan fingerprint density at radius 3 is 2.58 bits per heavy atom. The van der Waals surface area contributed by atoms with E-state index in [4.69, 9.17) is 4.74 Å². The minimum atomic E-state index is -0.172. The number of carbonyl (C=O) groups excluding carboxylic acids is 1. The molecule has 0 atom stereocenters. The number of thioether (sulfide) groups is 1. The van der Waals surface area contributed by atoms with Crippen molar-refractivity contribution < 1.29 is 9.53 Å². The Labute approximate surface area is 204 Å². The van der Waals surface area contributed by atoms with Crippen LogP contribution in [0.15, 0.2) is 105 Å². The van der Waals surface area contributed by atoms with E-state index < -0.39 is 0 Å². The Kier molecular flexibility index (Phi) is 6.28. The van der Waals surface area contributed by atoms with Gasteiger partial charge in [0.15, 0.2) is 5.17 Å². The Morgan fingerprint density at radius 2 is 1.67 bits per heavy atom. The minimum absolute atomic E-state index is 0.172. The van der Waals surface area contributed by atoms with Gasteiger partial charge in [-0.1, -0.05) is 72.8 Å². The molecule has 1 N–H and O–H groups in total. The number of nitrogens with one attached hydrogen (secondary N) is 1. The van der Waals surface area contributed by atoms with Crippen LogP contribution in [0.3, 0.4) is 0 Å². The summed E-state index contributed by atoms with van der Waals surface area (Å²) in [4.78, 5) is 17.7. The van der Waals surface area contributed by atoms with Gasteiger partial charge in [0.2, 0.25) is 0 Å². The van der Waals surface area contributed by atoms with E-state index in [0.29, 0.717) is 16.7 Å². The van der Waals surface area contributed by atoms with Crippen molar-refractivity contribution in [1.29, 1.82) is 0 Å². The molecule has 1 aliphatic rings. The normalized spacial score (nSPS) is 15.8. The maximum Gasteiger partial charge on any atom is 0.264 e. The smallest absolute Gasteiger partial charge is 0.264 e. The molecule has 33 heavy (non-hydrogen) atoms. The number of hydrogen-bond acceptors (Lipinski definition) is 4. The van der Waals surface area contributed by atoms with Gasteiger partial charge in [-0.3, -0.25) is 4.79 Å². The van der Waals surface area contributed by atoms with Crippen molar-refractivity contribution >= 4 is 61.3 Å². The van der Waals surface area contributed by atoms with Gasteiger partial charge < -0.3 is 10.1 Å². The van der Waals surface area contributed by atoms with E-state index in [1.165, 1.54) is 22.5 Å². The van der Waals surface area contributed by atoms with E-state index >= 15 is 0 Å². The highest BCUT2D eigenvalue weighted by Crippen LogP contribution is 2.33. The van der Waals surface area contributed by atoms with Crippen molar-refractivity contribution in [2.45, 2.75) is 6.61 Å². The maximum absolute atomic E-state index is 12.6. The molecule has 0 saturated carbocycles. The number of rotatable bonds is 5. The van der Waals surface area contributed by atoms with Gasteiger partial charge in [-0.2, -0.15) is 0 Å². The molecule has 4 nitrogen and oxygen atoms in total. The molecule has 0 bridgehead atoms. The van der Waals surface area contributed by atoms with E-state index in [0.717, 1.165) is 27.0 Å². The Hall–Kier alpha value is -3.35. The Bertz CT molecular complexity index is 1410. The van der Waals surface area contributed by atoms with Crippen LogP contribution in [0.25, 0.3) is 16.8 Å². The monoisotopic (exact) mass is 514 g/mol. The summed E-state index contributed by atoms with van der Waals surface area (Å²) in [6.07, 6.45) is 1.85. The molecule has 6 heteroatoms. The number of ether oxygens (including phenoxy) is 1. The van der Waals surface area contributed by atoms with E-state index in [1.54, 1.807) is 0 Å². The summed E-state index contributed by atoms with van der Waals surface area (Å²) in [5, 5.41) is 5.75. The third kappa shape index (κ3) is 4.87. The fourth-order valence-electron chi connectivity index (χ4n) is 3.58. The van der Waals surface area contributed by atoms with Crippen LogP contribution in [0.4, 0.5) is 5.69 Å². The van der Waals surface area contributed by atoms with Crippen LogP contribution in [-0.2, 0) is 11.4 Å². The molecule has 0 unspecified atom stereocenters. The molecule has 1 amide bonds. The van der Waals surface area contributed by atoms with Crippen LogP contribution in [0.1, 0.15) is 11.1 Å². The number of halogens is 1. The second kappa shape index (κ2) is 9.65. The predicted octanol–water partition coefficient (Wildman–Crippen LogP) is 7.07. The zero-order valence-corrected chi connectivity index (χ0v) is 19.9. The van der Waals surface area contributed by atoms with E-state index in [2.05, 4.69) is 50.5 Å². The topological polar surface area (TPSA) is 50.7 Å². The highest BCUT2D eigenvalue weighted by molar-refractivity contribution is 9.10. The summed E-state index contributed by atoms with van der Waals surface area (Å²) < 4.78 is 7.07. The van der Waals surface area contributed by atoms with Crippen molar-refractivity contribution in [3.63, 3.8) is 0 Å². The van der Waals surface area contributed by atoms with Crippen LogP contribution in [-0.4, -0.2) is 11.1 Å². The lowest BCUT2D eigenvalue weighted by Crippen LogP contribution is -2.19. The number of amides is 1. The van der Waals surface area contributed by atoms with Crippen LogP contribution < -0.4 is 10.1 Å². The zero-order chi connectivity index (χ0) is 22.6. The lowest BCUT2D eigenvalue weighted by atomic mass is 10.1. The van der Waals surface area contributed by atoms with Gasteiger partial charge in [-0.05, 0) is 68.3 Å². The molecule has 1 heterocycles. The first kappa shape index (κ1) is 21.5. The van der Waals surface area contributed by atoms with Crippen LogP contribution in [0, 0.1) is 0 Å². The molecular weight excluding hydrogens is 496 g/mol. The molecule has 1 saturated heterocycles. The standard InChI is InChI=1S/C27H19BrN2O2S/c28-22-13-4-5-14-23(22)29-27-30-26(31)25(33-27)16-19-9-2-6-15-24(19)32-17-20-11-7-10-18-8-1-3-12-21(18)20/h1-16H,17H2,(H,29,30,31)/b25-16+. The number of hydrogen-bond donors (Lipinski definition) is 1. The molecule has 5 rings (SSSR count). The fraction of sp³-hybridized carbons (Fsp3) is 0.0370. The average Bonchev–Trinajstić information content (AvgIpc) is 3.18. The molecule has 4 aromatic rings. The Morgan fingerprint density at radius 1 is 0.909 bits per heavy atom. The van der Waals surface area contributed by atoms with Crippen molar-refractivity contribution in [2.75, 3.05) is 0 Å². The summed E-state index contributed by atoms with van der Waals surface area (Å²) in [6.45, 7) is 0.440. The third-order valence-electron chi connectivity index (χ3n) is 5.19. The van der Waals surface area contributed by atoms with E-state index in [-0.39, 0.29) is 5.91 Å². The van der Waals surface area contributed by atoms with E-state index in [9.17, 15) is 4.79 Å². The number of carbonyl (C=O) groups is 1. The molecule has 0 radical (unpaired) electrons. The van der Waals surface area contributed by atoms with Gasteiger partial charge in [0.05, 0.1) is 10.6 Å². The highest BCUT2D eigenvalue weighted by Gasteiger charge is 2.24. The average molecular weight is 515 g/mol. The van der Waals surface area contributed by atoms with Gasteiger partial charge in [-0.25, -0.2) is 4.99 Å². The SMILES string of the molecule is O=C1NC(=Nc2ccccc2Br)S/C1=C/c1ccccc1OCc1cccc2ccccc12. The molecule has 0 spiro atoms. The summed E-state index contributed by atoms with van der Waals surface area (Å²) in [5.41, 5.74) is 2.73. The Balaban J connectivity index is 1.38. The molecule has 0 aliphatic carbocycles. The number of amidine groups is 1. The van der Waals surface area contributed by atoms with Gasteiger partial charge in [0.25, 0.3) is 5.91 Å². The van der Waals surface area contributed by atoms with Gasteiger partial charge in [0.1, 0.15) is 12.4 Å². The summed E-state index contributed by atoms with van der Waals surface area (Å²) in [6, 6.07) is 29.9. The number of benzene rings is 4. The molecule has 4 aromatic carbocycles. The molecule has 1 fully saturated rings. The summed E-state index contributed by atoms with van der Waals surface area (Å²) in [7, 11) is 0. The molecule has 1 aliphatic heterocycles. The lowest BCUT2D eigenvalue weighted by Gasteiger charge is -2.11. The van der Waals surface area contributed by atoms with Crippen molar-refractivity contribution in [1.82, 2.24) is 5.32 Å². The fourth-order valence-corrected chi connectivity index (χ4v) is 4.78. The van der Waals surface area contributed by atoms with Gasteiger partial charge in [0, 0.05) is 10.0 Å². The number of nitrogens with zero attached hydrogens (tertiary/aromatic N) is 1. The van der Waals surface area contributed by atoms with E-state index in [1.807, 2.05) is 72.8 Å². The zero-order valence-electron chi connectivity index (χ0n) is 17.5. The quantitative estimate of drug-likeness (QED) is 0.289. The molecule has 0 aromatic heterocycles. The van der Waals surface area contributed by atoms with Crippen LogP contribution in [0.5, 0.6) is 5.75 Å². The summed E-state index contributed by atoms with van der Waals surface area (Å²) in [5.74, 6) is 0.553. The summed E-state index contributed by atoms with van der Waals surface area (Å²) >= 11 is 4.80. The number of fused-ring (bicyclic) bond motifs is 1. The second-order valence-electron chi connectivity index (χ2n) is 7.40. The molecule has 162 valence electrons. The van der Waals surface area contributed by atoms with Crippen molar-refractivity contribution in [3.05, 3.63) is 112 Å². The molecular formula is C27H19BrN2O2S. The van der Waals surface area contributed by atoms with Gasteiger partial charge in [-0.15, -0.1) is 0 Å². The first-order chi connectivity index (χ1) is 16.2. The number of aliphatic imine (C=N–C) groups is 1. The first-order valence-corrected chi connectivity index (χ1v) is 12.0. The van der Waals surface area contributed by atoms with Crippen molar-refractivity contribution in [2.24, 2.45) is 4.99 Å². The number of para-hydroxylation sites is 2. The van der Waals surface area contributed by atoms with Crippen molar-refractivity contribution in [3.8, 4) is 5.75 Å². The maximum atomic E-state index is 12.6. The highest BCUT2D eigenvalue weighted by atomic mass is 79.9. The minimum Gasteiger partial charge on any atom is -0.488 e. The third-order valence-corrected chi connectivity index (χ3v) is 6.77. The van der Waals surface area contributed by atoms with Crippen LogP contribution in [0.2, 0.25) is 0 Å². The predicted molar refractivity (Wildman–Crippen MR) is 140 cm³/mol.